The molecule has 2 heterocycles. The highest BCUT2D eigenvalue weighted by molar-refractivity contribution is 7.13. The van der Waals surface area contributed by atoms with Crippen molar-refractivity contribution < 1.29 is 4.42 Å². The number of aryl methyl sites for hydroxylation is 1. The summed E-state index contributed by atoms with van der Waals surface area (Å²) in [6.45, 7) is 6.23. The normalized spacial score (nSPS) is 12.3. The van der Waals surface area contributed by atoms with Crippen molar-refractivity contribution in [3.8, 4) is 10.8 Å². The molecule has 0 fully saturated rings. The maximum absolute atomic E-state index is 5.76. The van der Waals surface area contributed by atoms with Crippen molar-refractivity contribution in [1.82, 2.24) is 10.2 Å². The first-order valence-corrected chi connectivity index (χ1v) is 7.73. The van der Waals surface area contributed by atoms with Crippen LogP contribution in [0.4, 0.5) is 5.69 Å². The van der Waals surface area contributed by atoms with Crippen molar-refractivity contribution in [3.63, 3.8) is 0 Å². The summed E-state index contributed by atoms with van der Waals surface area (Å²) >= 11 is 1.59. The van der Waals surface area contributed by atoms with E-state index >= 15 is 0 Å². The summed E-state index contributed by atoms with van der Waals surface area (Å²) in [5, 5.41) is 13.7. The molecule has 0 spiro atoms. The predicted octanol–water partition coefficient (Wildman–Crippen LogP) is 4.59. The van der Waals surface area contributed by atoms with Crippen LogP contribution in [0.2, 0.25) is 0 Å². The molecule has 1 N–H and O–H groups in total. The Morgan fingerprint density at radius 1 is 1.14 bits per heavy atom. The lowest BCUT2D eigenvalue weighted by molar-refractivity contribution is 0.486. The summed E-state index contributed by atoms with van der Waals surface area (Å²) in [4.78, 5) is 0.993. The zero-order chi connectivity index (χ0) is 14.8. The van der Waals surface area contributed by atoms with E-state index in [1.807, 2.05) is 30.5 Å². The minimum absolute atomic E-state index is 0.0355. The predicted molar refractivity (Wildman–Crippen MR) is 85.6 cm³/mol. The fourth-order valence-electron chi connectivity index (χ4n) is 2.11. The number of hydrogen-bond donors (Lipinski definition) is 1. The van der Waals surface area contributed by atoms with Gasteiger partial charge in [-0.2, -0.15) is 0 Å². The van der Waals surface area contributed by atoms with Crippen LogP contribution >= 0.6 is 11.3 Å². The third-order valence-electron chi connectivity index (χ3n) is 3.52. The highest BCUT2D eigenvalue weighted by Crippen LogP contribution is 2.27. The van der Waals surface area contributed by atoms with Gasteiger partial charge in [-0.25, -0.2) is 0 Å². The molecule has 0 amide bonds. The fraction of sp³-hybridized carbons (Fsp3) is 0.250. The molecule has 0 bridgehead atoms. The van der Waals surface area contributed by atoms with Gasteiger partial charge in [-0.05, 0) is 49.4 Å². The van der Waals surface area contributed by atoms with Crippen molar-refractivity contribution in [1.29, 1.82) is 0 Å². The average Bonchev–Trinajstić information content (AvgIpc) is 3.13. The molecule has 0 radical (unpaired) electrons. The Balaban J connectivity index is 1.79. The number of hydrogen-bond acceptors (Lipinski definition) is 5. The Hall–Kier alpha value is -2.14. The van der Waals surface area contributed by atoms with Crippen LogP contribution < -0.4 is 5.32 Å². The SMILES string of the molecule is Cc1cccc(N[C@@H](C)c2nnc(-c3cccs3)o2)c1C. The standard InChI is InChI=1S/C16H17N3OS/c1-10-6-4-7-13(11(10)2)17-12(3)15-18-19-16(20-15)14-8-5-9-21-14/h4-9,12,17H,1-3H3/t12-/m0/s1. The number of rotatable bonds is 4. The summed E-state index contributed by atoms with van der Waals surface area (Å²) in [7, 11) is 0. The molecule has 4 nitrogen and oxygen atoms in total. The van der Waals surface area contributed by atoms with Gasteiger partial charge in [-0.15, -0.1) is 21.5 Å². The van der Waals surface area contributed by atoms with E-state index in [9.17, 15) is 0 Å². The third kappa shape index (κ3) is 2.83. The smallest absolute Gasteiger partial charge is 0.257 e. The topological polar surface area (TPSA) is 51.0 Å². The highest BCUT2D eigenvalue weighted by atomic mass is 32.1. The first-order valence-electron chi connectivity index (χ1n) is 6.85. The van der Waals surface area contributed by atoms with E-state index < -0.39 is 0 Å². The fourth-order valence-corrected chi connectivity index (χ4v) is 2.76. The summed E-state index contributed by atoms with van der Waals surface area (Å²) < 4.78 is 5.76. The molecule has 0 aliphatic rings. The van der Waals surface area contributed by atoms with Crippen LogP contribution in [0.15, 0.2) is 40.1 Å². The maximum atomic E-state index is 5.76. The maximum Gasteiger partial charge on any atom is 0.257 e. The van der Waals surface area contributed by atoms with Crippen LogP contribution in [0.25, 0.3) is 10.8 Å². The number of aromatic nitrogens is 2. The molecule has 1 atom stereocenters. The summed E-state index contributed by atoms with van der Waals surface area (Å²) in [6, 6.07) is 10.1. The van der Waals surface area contributed by atoms with Gasteiger partial charge in [-0.1, -0.05) is 18.2 Å². The summed E-state index contributed by atoms with van der Waals surface area (Å²) in [5.41, 5.74) is 3.60. The molecule has 0 saturated heterocycles. The van der Waals surface area contributed by atoms with Gasteiger partial charge in [0.05, 0.1) is 4.88 Å². The Labute approximate surface area is 127 Å². The van der Waals surface area contributed by atoms with Crippen molar-refractivity contribution in [2.75, 3.05) is 5.32 Å². The molecule has 3 rings (SSSR count). The second-order valence-electron chi connectivity index (χ2n) is 5.04. The molecule has 108 valence electrons. The van der Waals surface area contributed by atoms with Crippen LogP contribution in [0.1, 0.15) is 30.0 Å². The van der Waals surface area contributed by atoms with E-state index in [4.69, 9.17) is 4.42 Å². The van der Waals surface area contributed by atoms with Gasteiger partial charge in [0.15, 0.2) is 0 Å². The van der Waals surface area contributed by atoms with E-state index in [0.717, 1.165) is 10.6 Å². The molecule has 3 aromatic rings. The molecule has 1 aromatic carbocycles. The van der Waals surface area contributed by atoms with Gasteiger partial charge in [0, 0.05) is 5.69 Å². The zero-order valence-electron chi connectivity index (χ0n) is 12.3. The molecular formula is C16H17N3OS. The molecule has 0 unspecified atom stereocenters. The van der Waals surface area contributed by atoms with Crippen LogP contribution in [-0.2, 0) is 0 Å². The van der Waals surface area contributed by atoms with Crippen molar-refractivity contribution >= 4 is 17.0 Å². The van der Waals surface area contributed by atoms with E-state index in [-0.39, 0.29) is 6.04 Å². The van der Waals surface area contributed by atoms with Crippen LogP contribution in [0, 0.1) is 13.8 Å². The van der Waals surface area contributed by atoms with Gasteiger partial charge in [0.2, 0.25) is 5.89 Å². The highest BCUT2D eigenvalue weighted by Gasteiger charge is 2.16. The van der Waals surface area contributed by atoms with Gasteiger partial charge in [0.25, 0.3) is 5.89 Å². The zero-order valence-corrected chi connectivity index (χ0v) is 13.1. The monoisotopic (exact) mass is 299 g/mol. The van der Waals surface area contributed by atoms with E-state index in [0.29, 0.717) is 11.8 Å². The number of benzene rings is 1. The van der Waals surface area contributed by atoms with Crippen LogP contribution in [0.3, 0.4) is 0 Å². The summed E-state index contributed by atoms with van der Waals surface area (Å²) in [5.74, 6) is 1.17. The molecule has 0 aliphatic carbocycles. The second-order valence-corrected chi connectivity index (χ2v) is 5.98. The van der Waals surface area contributed by atoms with Gasteiger partial charge in [0.1, 0.15) is 6.04 Å². The third-order valence-corrected chi connectivity index (χ3v) is 4.38. The second kappa shape index (κ2) is 5.69. The number of anilines is 1. The molecule has 0 aliphatic heterocycles. The van der Waals surface area contributed by atoms with Crippen molar-refractivity contribution in [2.45, 2.75) is 26.8 Å². The molecule has 5 heteroatoms. The lowest BCUT2D eigenvalue weighted by Gasteiger charge is -2.15. The van der Waals surface area contributed by atoms with E-state index in [1.165, 1.54) is 11.1 Å². The van der Waals surface area contributed by atoms with E-state index in [1.54, 1.807) is 11.3 Å². The van der Waals surface area contributed by atoms with Gasteiger partial charge in [-0.3, -0.25) is 0 Å². The quantitative estimate of drug-likeness (QED) is 0.765. The number of nitrogens with zero attached hydrogens (tertiary/aromatic N) is 2. The molecule has 2 aromatic heterocycles. The van der Waals surface area contributed by atoms with Crippen LogP contribution in [0.5, 0.6) is 0 Å². The van der Waals surface area contributed by atoms with Crippen LogP contribution in [-0.4, -0.2) is 10.2 Å². The Morgan fingerprint density at radius 2 is 2.00 bits per heavy atom. The Bertz CT molecular complexity index is 734. The van der Waals surface area contributed by atoms with Gasteiger partial charge >= 0.3 is 0 Å². The van der Waals surface area contributed by atoms with Crippen molar-refractivity contribution in [2.24, 2.45) is 0 Å². The lowest BCUT2D eigenvalue weighted by atomic mass is 10.1. The summed E-state index contributed by atoms with van der Waals surface area (Å²) in [6.07, 6.45) is 0. The Kier molecular flexibility index (Phi) is 3.75. The minimum atomic E-state index is -0.0355. The lowest BCUT2D eigenvalue weighted by Crippen LogP contribution is -2.08. The first-order chi connectivity index (χ1) is 10.1. The number of thiophene rings is 1. The first kappa shape index (κ1) is 13.8. The largest absolute Gasteiger partial charge is 0.418 e. The van der Waals surface area contributed by atoms with E-state index in [2.05, 4.69) is 41.5 Å². The minimum Gasteiger partial charge on any atom is -0.418 e. The van der Waals surface area contributed by atoms with Crippen molar-refractivity contribution in [3.05, 3.63) is 52.7 Å². The van der Waals surface area contributed by atoms with Gasteiger partial charge < -0.3 is 9.73 Å². The molecular weight excluding hydrogens is 282 g/mol. The Morgan fingerprint density at radius 3 is 2.76 bits per heavy atom. The average molecular weight is 299 g/mol. The molecule has 0 saturated carbocycles. The molecule has 21 heavy (non-hydrogen) atoms. The number of nitrogens with one attached hydrogen (secondary N) is 1.